The van der Waals surface area contributed by atoms with Gasteiger partial charge in [0.25, 0.3) is 0 Å². The summed E-state index contributed by atoms with van der Waals surface area (Å²) in [5, 5.41) is 6.54. The number of amides is 1. The van der Waals surface area contributed by atoms with Crippen molar-refractivity contribution in [1.29, 1.82) is 0 Å². The summed E-state index contributed by atoms with van der Waals surface area (Å²) < 4.78 is 0. The highest BCUT2D eigenvalue weighted by atomic mass is 127. The van der Waals surface area contributed by atoms with E-state index in [4.69, 9.17) is 0 Å². The Bertz CT molecular complexity index is 417. The summed E-state index contributed by atoms with van der Waals surface area (Å²) in [6.07, 6.45) is 5.66. The molecule has 1 saturated heterocycles. The van der Waals surface area contributed by atoms with E-state index in [0.717, 1.165) is 19.6 Å². The van der Waals surface area contributed by atoms with Crippen LogP contribution in [0.1, 0.15) is 33.1 Å². The summed E-state index contributed by atoms with van der Waals surface area (Å²) in [6.45, 7) is 12.1. The zero-order valence-corrected chi connectivity index (χ0v) is 17.9. The molecule has 1 aliphatic rings. The van der Waals surface area contributed by atoms with Gasteiger partial charge in [0.15, 0.2) is 5.96 Å². The van der Waals surface area contributed by atoms with E-state index in [2.05, 4.69) is 41.0 Å². The van der Waals surface area contributed by atoms with Crippen molar-refractivity contribution < 1.29 is 4.79 Å². The highest BCUT2D eigenvalue weighted by Crippen LogP contribution is 2.19. The molecule has 2 N–H and O–H groups in total. The number of rotatable bonds is 7. The molecule has 0 spiro atoms. The molecule has 6 nitrogen and oxygen atoms in total. The van der Waals surface area contributed by atoms with Gasteiger partial charge in [0.05, 0.1) is 0 Å². The van der Waals surface area contributed by atoms with Gasteiger partial charge in [-0.2, -0.15) is 0 Å². The molecule has 0 atom stereocenters. The van der Waals surface area contributed by atoms with Crippen LogP contribution in [0.2, 0.25) is 0 Å². The maximum absolute atomic E-state index is 11.7. The van der Waals surface area contributed by atoms with Crippen molar-refractivity contribution in [2.24, 2.45) is 4.99 Å². The lowest BCUT2D eigenvalue weighted by molar-refractivity contribution is -0.127. The predicted molar refractivity (Wildman–Crippen MR) is 112 cm³/mol. The van der Waals surface area contributed by atoms with Gasteiger partial charge in [0.1, 0.15) is 6.54 Å². The SMILES string of the molecule is C=CCNC(=NCC(=O)N(C)C)NCC(C)(C)N1CCCCC1.I. The number of hydrogen-bond acceptors (Lipinski definition) is 3. The molecule has 1 amide bonds. The normalized spacial score (nSPS) is 16.1. The van der Waals surface area contributed by atoms with Gasteiger partial charge in [0, 0.05) is 32.7 Å². The molecule has 1 fully saturated rings. The first-order valence-corrected chi connectivity index (χ1v) is 8.45. The number of halogens is 1. The molecular weight excluding hydrogens is 417 g/mol. The number of aliphatic imine (C=N–C) groups is 1. The van der Waals surface area contributed by atoms with Crippen molar-refractivity contribution in [3.05, 3.63) is 12.7 Å². The third kappa shape index (κ3) is 8.32. The molecule has 0 aromatic carbocycles. The van der Waals surface area contributed by atoms with E-state index in [-0.39, 0.29) is 42.0 Å². The van der Waals surface area contributed by atoms with Crippen LogP contribution in [0, 0.1) is 0 Å². The van der Waals surface area contributed by atoms with Crippen LogP contribution in [-0.4, -0.2) is 74.0 Å². The predicted octanol–water partition coefficient (Wildman–Crippen LogP) is 1.68. The van der Waals surface area contributed by atoms with Crippen molar-refractivity contribution in [2.75, 3.05) is 46.8 Å². The average Bonchev–Trinajstić information content (AvgIpc) is 2.54. The van der Waals surface area contributed by atoms with Crippen LogP contribution in [0.15, 0.2) is 17.6 Å². The van der Waals surface area contributed by atoms with Crippen LogP contribution < -0.4 is 10.6 Å². The summed E-state index contributed by atoms with van der Waals surface area (Å²) in [6, 6.07) is 0. The number of nitrogens with one attached hydrogen (secondary N) is 2. The minimum atomic E-state index is -0.0139. The Morgan fingerprint density at radius 3 is 2.42 bits per heavy atom. The highest BCUT2D eigenvalue weighted by Gasteiger charge is 2.27. The Kier molecular flexibility index (Phi) is 11.3. The van der Waals surface area contributed by atoms with Crippen molar-refractivity contribution in [2.45, 2.75) is 38.6 Å². The Balaban J connectivity index is 0.00000529. The highest BCUT2D eigenvalue weighted by molar-refractivity contribution is 14.0. The molecule has 0 aromatic rings. The first kappa shape index (κ1) is 23.2. The van der Waals surface area contributed by atoms with E-state index in [0.29, 0.717) is 12.5 Å². The molecule has 1 aliphatic heterocycles. The minimum absolute atomic E-state index is 0. The summed E-state index contributed by atoms with van der Waals surface area (Å²) in [5.74, 6) is 0.644. The largest absolute Gasteiger partial charge is 0.355 e. The number of likely N-dealkylation sites (tertiary alicyclic amines) is 1. The molecule has 0 aliphatic carbocycles. The first-order valence-electron chi connectivity index (χ1n) is 8.45. The maximum Gasteiger partial charge on any atom is 0.243 e. The quantitative estimate of drug-likeness (QED) is 0.268. The van der Waals surface area contributed by atoms with Gasteiger partial charge in [-0.15, -0.1) is 30.6 Å². The number of guanidine groups is 1. The molecule has 0 radical (unpaired) electrons. The monoisotopic (exact) mass is 451 g/mol. The lowest BCUT2D eigenvalue weighted by atomic mass is 9.98. The van der Waals surface area contributed by atoms with Crippen LogP contribution >= 0.6 is 24.0 Å². The molecule has 1 heterocycles. The summed E-state index contributed by atoms with van der Waals surface area (Å²) in [5.41, 5.74) is 0.0581. The van der Waals surface area contributed by atoms with Crippen LogP contribution in [0.3, 0.4) is 0 Å². The van der Waals surface area contributed by atoms with Crippen LogP contribution in [0.4, 0.5) is 0 Å². The van der Waals surface area contributed by atoms with E-state index < -0.39 is 0 Å². The van der Waals surface area contributed by atoms with Gasteiger partial charge < -0.3 is 15.5 Å². The fourth-order valence-electron chi connectivity index (χ4n) is 2.54. The number of carbonyl (C=O) groups is 1. The molecule has 1 rings (SSSR count). The lowest BCUT2D eigenvalue weighted by Gasteiger charge is -2.41. The van der Waals surface area contributed by atoms with Gasteiger partial charge in [-0.05, 0) is 39.8 Å². The third-order valence-corrected chi connectivity index (χ3v) is 4.19. The van der Waals surface area contributed by atoms with E-state index >= 15 is 0 Å². The van der Waals surface area contributed by atoms with Crippen molar-refractivity contribution in [3.8, 4) is 0 Å². The first-order chi connectivity index (χ1) is 10.9. The molecule has 0 bridgehead atoms. The zero-order valence-electron chi connectivity index (χ0n) is 15.6. The molecular formula is C17H34IN5O. The summed E-state index contributed by atoms with van der Waals surface area (Å²) >= 11 is 0. The van der Waals surface area contributed by atoms with Crippen LogP contribution in [-0.2, 0) is 4.79 Å². The van der Waals surface area contributed by atoms with E-state index in [1.165, 1.54) is 19.3 Å². The van der Waals surface area contributed by atoms with E-state index in [1.807, 2.05) is 0 Å². The minimum Gasteiger partial charge on any atom is -0.355 e. The van der Waals surface area contributed by atoms with Crippen molar-refractivity contribution >= 4 is 35.8 Å². The molecule has 0 saturated carbocycles. The van der Waals surface area contributed by atoms with Crippen molar-refractivity contribution in [1.82, 2.24) is 20.4 Å². The second-order valence-corrected chi connectivity index (χ2v) is 6.84. The van der Waals surface area contributed by atoms with E-state index in [9.17, 15) is 4.79 Å². The fourth-order valence-corrected chi connectivity index (χ4v) is 2.54. The molecule has 140 valence electrons. The Morgan fingerprint density at radius 1 is 1.25 bits per heavy atom. The van der Waals surface area contributed by atoms with Gasteiger partial charge in [-0.25, -0.2) is 4.99 Å². The van der Waals surface area contributed by atoms with Crippen LogP contribution in [0.25, 0.3) is 0 Å². The number of carbonyl (C=O) groups excluding carboxylic acids is 1. The third-order valence-electron chi connectivity index (χ3n) is 4.19. The number of hydrogen-bond donors (Lipinski definition) is 2. The second kappa shape index (κ2) is 11.7. The Morgan fingerprint density at radius 2 is 1.88 bits per heavy atom. The number of nitrogens with zero attached hydrogens (tertiary/aromatic N) is 3. The lowest BCUT2D eigenvalue weighted by Crippen LogP contribution is -2.55. The second-order valence-electron chi connectivity index (χ2n) is 6.84. The Labute approximate surface area is 164 Å². The summed E-state index contributed by atoms with van der Waals surface area (Å²) in [4.78, 5) is 20.1. The number of likely N-dealkylation sites (N-methyl/N-ethyl adjacent to an activating group) is 1. The number of piperidine rings is 1. The van der Waals surface area contributed by atoms with Gasteiger partial charge in [0.2, 0.25) is 5.91 Å². The topological polar surface area (TPSA) is 60.0 Å². The maximum atomic E-state index is 11.7. The fraction of sp³-hybridized carbons (Fsp3) is 0.765. The summed E-state index contributed by atoms with van der Waals surface area (Å²) in [7, 11) is 3.48. The van der Waals surface area contributed by atoms with Gasteiger partial charge >= 0.3 is 0 Å². The van der Waals surface area contributed by atoms with Crippen LogP contribution in [0.5, 0.6) is 0 Å². The molecule has 0 unspecified atom stereocenters. The smallest absolute Gasteiger partial charge is 0.243 e. The molecule has 0 aromatic heterocycles. The van der Waals surface area contributed by atoms with E-state index in [1.54, 1.807) is 25.1 Å². The average molecular weight is 451 g/mol. The Hall–Kier alpha value is -0.830. The zero-order chi connectivity index (χ0) is 17.3. The van der Waals surface area contributed by atoms with Gasteiger partial charge in [-0.1, -0.05) is 12.5 Å². The molecule has 24 heavy (non-hydrogen) atoms. The van der Waals surface area contributed by atoms with Crippen molar-refractivity contribution in [3.63, 3.8) is 0 Å². The van der Waals surface area contributed by atoms with Gasteiger partial charge in [-0.3, -0.25) is 9.69 Å². The molecule has 7 heteroatoms. The standard InChI is InChI=1S/C17H33N5O.HI/c1-6-10-18-16(19-13-15(23)21(4)5)20-14-17(2,3)22-11-8-7-9-12-22;/h6H,1,7-14H2,2-5H3,(H2,18,19,20);1H.